The molecule has 0 bridgehead atoms. The first-order valence-electron chi connectivity index (χ1n) is 9.42. The van der Waals surface area contributed by atoms with E-state index in [-0.39, 0.29) is 0 Å². The maximum atomic E-state index is 10.4. The summed E-state index contributed by atoms with van der Waals surface area (Å²) in [5.74, 6) is -1.81. The van der Waals surface area contributed by atoms with Gasteiger partial charge in [0.15, 0.2) is 0 Å². The summed E-state index contributed by atoms with van der Waals surface area (Å²) in [7, 11) is 0. The van der Waals surface area contributed by atoms with Crippen LogP contribution in [0.5, 0.6) is 0 Å². The number of rotatable bonds is 7. The molecular formula is C24H28O4. The molecule has 4 nitrogen and oxygen atoms in total. The van der Waals surface area contributed by atoms with Gasteiger partial charge in [-0.2, -0.15) is 0 Å². The number of carbonyl (C=O) groups is 2. The van der Waals surface area contributed by atoms with Crippen LogP contribution < -0.4 is 0 Å². The maximum absolute atomic E-state index is 10.4. The molecule has 0 aliphatic heterocycles. The van der Waals surface area contributed by atoms with Crippen LogP contribution >= 0.6 is 0 Å². The molecule has 0 amide bonds. The van der Waals surface area contributed by atoms with E-state index in [1.165, 1.54) is 22.8 Å². The molecule has 0 fully saturated rings. The van der Waals surface area contributed by atoms with Crippen LogP contribution in [-0.2, 0) is 28.9 Å². The van der Waals surface area contributed by atoms with Crippen molar-refractivity contribution in [1.29, 1.82) is 0 Å². The highest BCUT2D eigenvalue weighted by molar-refractivity contribution is 5.86. The number of hydrogen-bond acceptors (Lipinski definition) is 2. The fraction of sp³-hybridized carbons (Fsp3) is 0.250. The van der Waals surface area contributed by atoms with Gasteiger partial charge in [0.25, 0.3) is 0 Å². The van der Waals surface area contributed by atoms with Crippen LogP contribution in [0.3, 0.4) is 0 Å². The number of aliphatic carboxylic acids is 2. The largest absolute Gasteiger partial charge is 0.478 e. The van der Waals surface area contributed by atoms with E-state index in [2.05, 4.69) is 32.0 Å². The molecule has 0 aliphatic rings. The lowest BCUT2D eigenvalue weighted by molar-refractivity contribution is -0.132. The number of aryl methyl sites for hydroxylation is 3. The second-order valence-corrected chi connectivity index (χ2v) is 6.14. The maximum Gasteiger partial charge on any atom is 0.328 e. The summed E-state index contributed by atoms with van der Waals surface area (Å²) < 4.78 is 0. The van der Waals surface area contributed by atoms with E-state index >= 15 is 0 Å². The quantitative estimate of drug-likeness (QED) is 0.643. The van der Waals surface area contributed by atoms with Crippen molar-refractivity contribution in [3.05, 3.63) is 82.4 Å². The Morgan fingerprint density at radius 1 is 0.750 bits per heavy atom. The van der Waals surface area contributed by atoms with E-state index in [1.54, 1.807) is 12.2 Å². The third kappa shape index (κ3) is 8.04. The first kappa shape index (κ1) is 22.9. The monoisotopic (exact) mass is 380 g/mol. The zero-order valence-corrected chi connectivity index (χ0v) is 16.7. The summed E-state index contributed by atoms with van der Waals surface area (Å²) in [5, 5.41) is 17.0. The van der Waals surface area contributed by atoms with E-state index in [9.17, 15) is 9.59 Å². The number of benzene rings is 2. The van der Waals surface area contributed by atoms with Crippen molar-refractivity contribution in [2.24, 2.45) is 0 Å². The molecule has 0 spiro atoms. The van der Waals surface area contributed by atoms with Crippen molar-refractivity contribution in [3.63, 3.8) is 0 Å². The molecule has 148 valence electrons. The Kier molecular flexibility index (Phi) is 10.0. The number of carboxylic acid groups (broad SMARTS) is 2. The summed E-state index contributed by atoms with van der Waals surface area (Å²) in [6, 6.07) is 14.0. The predicted molar refractivity (Wildman–Crippen MR) is 114 cm³/mol. The van der Waals surface area contributed by atoms with E-state index in [0.29, 0.717) is 0 Å². The summed E-state index contributed by atoms with van der Waals surface area (Å²) in [5.41, 5.74) is 5.58. The fourth-order valence-electron chi connectivity index (χ4n) is 2.68. The topological polar surface area (TPSA) is 74.6 Å². The van der Waals surface area contributed by atoms with Crippen molar-refractivity contribution in [2.75, 3.05) is 0 Å². The Hall–Kier alpha value is -3.14. The smallest absolute Gasteiger partial charge is 0.328 e. The second kappa shape index (κ2) is 12.3. The van der Waals surface area contributed by atoms with Gasteiger partial charge in [-0.15, -0.1) is 0 Å². The third-order valence-electron chi connectivity index (χ3n) is 4.25. The molecule has 0 aliphatic carbocycles. The van der Waals surface area contributed by atoms with Gasteiger partial charge in [0.05, 0.1) is 0 Å². The van der Waals surface area contributed by atoms with E-state index in [0.717, 1.165) is 36.5 Å². The molecule has 2 N–H and O–H groups in total. The summed E-state index contributed by atoms with van der Waals surface area (Å²) in [6.45, 7) is 6.21. The lowest BCUT2D eigenvalue weighted by Crippen LogP contribution is -1.91. The molecule has 0 saturated carbocycles. The zero-order valence-electron chi connectivity index (χ0n) is 16.7. The van der Waals surface area contributed by atoms with Crippen LogP contribution in [0.2, 0.25) is 0 Å². The predicted octanol–water partition coefficient (Wildman–Crippen LogP) is 5.26. The minimum Gasteiger partial charge on any atom is -0.478 e. The van der Waals surface area contributed by atoms with Gasteiger partial charge >= 0.3 is 11.9 Å². The van der Waals surface area contributed by atoms with Crippen LogP contribution in [0.15, 0.2) is 54.6 Å². The van der Waals surface area contributed by atoms with Gasteiger partial charge in [-0.3, -0.25) is 0 Å². The first-order chi connectivity index (χ1) is 13.4. The molecule has 0 saturated heterocycles. The van der Waals surface area contributed by atoms with Crippen molar-refractivity contribution in [3.8, 4) is 0 Å². The average Bonchev–Trinajstić information content (AvgIpc) is 2.71. The summed E-state index contributed by atoms with van der Waals surface area (Å²) in [6.07, 6.45) is 8.45. The van der Waals surface area contributed by atoms with Crippen LogP contribution in [0.25, 0.3) is 12.2 Å². The normalized spacial score (nSPS) is 10.7. The van der Waals surface area contributed by atoms with Crippen LogP contribution in [0.1, 0.15) is 48.6 Å². The molecule has 2 aromatic rings. The molecule has 28 heavy (non-hydrogen) atoms. The Bertz CT molecular complexity index is 847. The second-order valence-electron chi connectivity index (χ2n) is 6.14. The molecule has 0 unspecified atom stereocenters. The standard InChI is InChI=1S/C13H16O2.C11H12O2/c1-3-10-5-6-11(4-2)12(9-10)7-8-13(14)15;1-2-9-5-3-4-6-10(9)7-8-11(12)13/h5-9H,3-4H2,1-2H3,(H,14,15);3-8H,2H2,1H3,(H,12,13)/b2*8-7+. The molecule has 0 radical (unpaired) electrons. The van der Waals surface area contributed by atoms with E-state index in [4.69, 9.17) is 10.2 Å². The third-order valence-corrected chi connectivity index (χ3v) is 4.25. The van der Waals surface area contributed by atoms with Gasteiger partial charge in [0.1, 0.15) is 0 Å². The first-order valence-corrected chi connectivity index (χ1v) is 9.42. The van der Waals surface area contributed by atoms with Crippen LogP contribution in [-0.4, -0.2) is 22.2 Å². The number of carboxylic acids is 2. The highest BCUT2D eigenvalue weighted by Crippen LogP contribution is 2.15. The zero-order chi connectivity index (χ0) is 20.9. The van der Waals surface area contributed by atoms with Gasteiger partial charge in [0.2, 0.25) is 0 Å². The Labute approximate surface area is 166 Å². The minimum atomic E-state index is -0.911. The highest BCUT2D eigenvalue weighted by Gasteiger charge is 1.99. The lowest BCUT2D eigenvalue weighted by atomic mass is 10.0. The minimum absolute atomic E-state index is 0.904. The Morgan fingerprint density at radius 2 is 1.29 bits per heavy atom. The van der Waals surface area contributed by atoms with Gasteiger partial charge in [-0.05, 0) is 59.2 Å². The van der Waals surface area contributed by atoms with Crippen LogP contribution in [0, 0.1) is 0 Å². The molecule has 0 aromatic heterocycles. The van der Waals surface area contributed by atoms with Gasteiger partial charge < -0.3 is 10.2 Å². The molecule has 0 heterocycles. The molecule has 2 aromatic carbocycles. The summed E-state index contributed by atoms with van der Waals surface area (Å²) in [4.78, 5) is 20.7. The summed E-state index contributed by atoms with van der Waals surface area (Å²) >= 11 is 0. The van der Waals surface area contributed by atoms with Crippen molar-refractivity contribution in [1.82, 2.24) is 0 Å². The van der Waals surface area contributed by atoms with E-state index in [1.807, 2.05) is 31.2 Å². The fourth-order valence-corrected chi connectivity index (χ4v) is 2.68. The van der Waals surface area contributed by atoms with Crippen molar-refractivity contribution >= 4 is 24.1 Å². The van der Waals surface area contributed by atoms with Crippen molar-refractivity contribution < 1.29 is 19.8 Å². The Morgan fingerprint density at radius 3 is 1.82 bits per heavy atom. The van der Waals surface area contributed by atoms with E-state index < -0.39 is 11.9 Å². The average molecular weight is 380 g/mol. The van der Waals surface area contributed by atoms with Crippen molar-refractivity contribution in [2.45, 2.75) is 40.0 Å². The molecule has 2 rings (SSSR count). The Balaban J connectivity index is 0.000000283. The van der Waals surface area contributed by atoms with Gasteiger partial charge in [-0.25, -0.2) is 9.59 Å². The molecular weight excluding hydrogens is 352 g/mol. The molecule has 4 heteroatoms. The van der Waals surface area contributed by atoms with Gasteiger partial charge in [0, 0.05) is 12.2 Å². The SMILES string of the molecule is CCc1ccc(CC)c(/C=C/C(=O)O)c1.CCc1ccccc1/C=C/C(=O)O. The lowest BCUT2D eigenvalue weighted by Gasteiger charge is -2.05. The van der Waals surface area contributed by atoms with Crippen LogP contribution in [0.4, 0.5) is 0 Å². The highest BCUT2D eigenvalue weighted by atomic mass is 16.4. The van der Waals surface area contributed by atoms with Gasteiger partial charge in [-0.1, -0.05) is 63.2 Å². The molecule has 0 atom stereocenters. The number of hydrogen-bond donors (Lipinski definition) is 2.